The summed E-state index contributed by atoms with van der Waals surface area (Å²) in [6.07, 6.45) is 1.73. The van der Waals surface area contributed by atoms with Gasteiger partial charge in [0.2, 0.25) is 0 Å². The Morgan fingerprint density at radius 1 is 1.21 bits per heavy atom. The number of rotatable bonds is 8. The van der Waals surface area contributed by atoms with E-state index in [1.165, 1.54) is 5.56 Å². The summed E-state index contributed by atoms with van der Waals surface area (Å²) in [5.41, 5.74) is 7.00. The average molecular weight is 395 g/mol. The number of ether oxygens (including phenoxy) is 2. The van der Waals surface area contributed by atoms with Crippen molar-refractivity contribution >= 4 is 31.9 Å². The van der Waals surface area contributed by atoms with E-state index in [9.17, 15) is 0 Å². The highest BCUT2D eigenvalue weighted by Crippen LogP contribution is 2.35. The lowest BCUT2D eigenvalue weighted by atomic mass is 10.1. The minimum absolute atomic E-state index is 0.150. The number of benzene rings is 1. The highest BCUT2D eigenvalue weighted by Gasteiger charge is 2.10. The van der Waals surface area contributed by atoms with Gasteiger partial charge in [-0.2, -0.15) is 0 Å². The Kier molecular flexibility index (Phi) is 7.99. The summed E-state index contributed by atoms with van der Waals surface area (Å²) in [5, 5.41) is 0. The first-order valence-electron chi connectivity index (χ1n) is 6.48. The van der Waals surface area contributed by atoms with E-state index in [0.29, 0.717) is 6.61 Å². The van der Waals surface area contributed by atoms with Crippen LogP contribution in [0.25, 0.3) is 0 Å². The van der Waals surface area contributed by atoms with E-state index in [4.69, 9.17) is 15.2 Å². The molecule has 0 bridgehead atoms. The standard InChI is InChI=1S/C14H21Br2NO2/c1-3-18-5-4-6-19-14-12(15)8-11(7-10(2)17)9-13(14)16/h8-10H,3-7,17H2,1-2H3. The summed E-state index contributed by atoms with van der Waals surface area (Å²) in [4.78, 5) is 0. The molecule has 108 valence electrons. The Morgan fingerprint density at radius 2 is 1.84 bits per heavy atom. The van der Waals surface area contributed by atoms with Crippen LogP contribution < -0.4 is 10.5 Å². The van der Waals surface area contributed by atoms with Gasteiger partial charge in [-0.05, 0) is 69.8 Å². The highest BCUT2D eigenvalue weighted by atomic mass is 79.9. The highest BCUT2D eigenvalue weighted by molar-refractivity contribution is 9.11. The lowest BCUT2D eigenvalue weighted by Crippen LogP contribution is -2.17. The summed E-state index contributed by atoms with van der Waals surface area (Å²) in [5.74, 6) is 0.838. The topological polar surface area (TPSA) is 44.5 Å². The molecule has 0 fully saturated rings. The van der Waals surface area contributed by atoms with Crippen molar-refractivity contribution in [3.8, 4) is 5.75 Å². The van der Waals surface area contributed by atoms with Gasteiger partial charge < -0.3 is 15.2 Å². The fourth-order valence-electron chi connectivity index (χ4n) is 1.72. The molecule has 0 radical (unpaired) electrons. The molecule has 0 aromatic heterocycles. The van der Waals surface area contributed by atoms with Crippen LogP contribution in [-0.4, -0.2) is 25.9 Å². The van der Waals surface area contributed by atoms with Crippen molar-refractivity contribution < 1.29 is 9.47 Å². The van der Waals surface area contributed by atoms with E-state index in [-0.39, 0.29) is 6.04 Å². The molecule has 1 aromatic rings. The van der Waals surface area contributed by atoms with Crippen molar-refractivity contribution in [2.45, 2.75) is 32.7 Å². The summed E-state index contributed by atoms with van der Waals surface area (Å²) >= 11 is 7.09. The summed E-state index contributed by atoms with van der Waals surface area (Å²) in [7, 11) is 0. The Morgan fingerprint density at radius 3 is 2.37 bits per heavy atom. The van der Waals surface area contributed by atoms with E-state index < -0.39 is 0 Å². The zero-order chi connectivity index (χ0) is 14.3. The van der Waals surface area contributed by atoms with E-state index in [1.54, 1.807) is 0 Å². The van der Waals surface area contributed by atoms with Crippen molar-refractivity contribution in [3.63, 3.8) is 0 Å². The third-order valence-corrected chi connectivity index (χ3v) is 3.68. The van der Waals surface area contributed by atoms with Crippen LogP contribution in [0, 0.1) is 0 Å². The predicted octanol–water partition coefficient (Wildman–Crippen LogP) is 3.91. The first-order valence-corrected chi connectivity index (χ1v) is 8.07. The number of halogens is 2. The van der Waals surface area contributed by atoms with Crippen LogP contribution in [0.2, 0.25) is 0 Å². The molecule has 19 heavy (non-hydrogen) atoms. The zero-order valence-electron chi connectivity index (χ0n) is 11.4. The molecule has 1 aromatic carbocycles. The molecule has 3 nitrogen and oxygen atoms in total. The minimum Gasteiger partial charge on any atom is -0.491 e. The Balaban J connectivity index is 2.59. The molecule has 0 amide bonds. The molecule has 5 heteroatoms. The van der Waals surface area contributed by atoms with Crippen molar-refractivity contribution in [2.24, 2.45) is 5.73 Å². The summed E-state index contributed by atoms with van der Waals surface area (Å²) < 4.78 is 13.0. The molecule has 2 N–H and O–H groups in total. The Labute approximate surface area is 132 Å². The summed E-state index contributed by atoms with van der Waals surface area (Å²) in [6.45, 7) is 6.11. The SMILES string of the molecule is CCOCCCOc1c(Br)cc(CC(C)N)cc1Br. The van der Waals surface area contributed by atoms with Crippen LogP contribution >= 0.6 is 31.9 Å². The van der Waals surface area contributed by atoms with Crippen LogP contribution in [0.15, 0.2) is 21.1 Å². The fraction of sp³-hybridized carbons (Fsp3) is 0.571. The normalized spacial score (nSPS) is 12.5. The van der Waals surface area contributed by atoms with Gasteiger partial charge in [0.25, 0.3) is 0 Å². The number of nitrogens with two attached hydrogens (primary N) is 1. The number of hydrogen-bond donors (Lipinski definition) is 1. The molecule has 1 rings (SSSR count). The molecule has 1 atom stereocenters. The molecule has 0 spiro atoms. The van der Waals surface area contributed by atoms with Gasteiger partial charge >= 0.3 is 0 Å². The van der Waals surface area contributed by atoms with Crippen LogP contribution in [0.1, 0.15) is 25.8 Å². The third kappa shape index (κ3) is 6.25. The second-order valence-corrected chi connectivity index (χ2v) is 6.18. The van der Waals surface area contributed by atoms with Gasteiger partial charge in [0.05, 0.1) is 15.6 Å². The molecule has 1 unspecified atom stereocenters. The van der Waals surface area contributed by atoms with Crippen molar-refractivity contribution in [1.29, 1.82) is 0 Å². The van der Waals surface area contributed by atoms with Crippen LogP contribution in [0.4, 0.5) is 0 Å². The molecule has 0 aliphatic rings. The monoisotopic (exact) mass is 393 g/mol. The third-order valence-electron chi connectivity index (χ3n) is 2.50. The maximum Gasteiger partial charge on any atom is 0.147 e. The largest absolute Gasteiger partial charge is 0.491 e. The van der Waals surface area contributed by atoms with E-state index in [2.05, 4.69) is 44.0 Å². The molecule has 0 saturated carbocycles. The van der Waals surface area contributed by atoms with Gasteiger partial charge in [-0.15, -0.1) is 0 Å². The van der Waals surface area contributed by atoms with Crippen LogP contribution in [0.3, 0.4) is 0 Å². The Bertz CT molecular complexity index is 374. The maximum absolute atomic E-state index is 5.81. The van der Waals surface area contributed by atoms with Gasteiger partial charge in [0.15, 0.2) is 0 Å². The lowest BCUT2D eigenvalue weighted by molar-refractivity contribution is 0.130. The van der Waals surface area contributed by atoms with Crippen molar-refractivity contribution in [2.75, 3.05) is 19.8 Å². The number of hydrogen-bond acceptors (Lipinski definition) is 3. The van der Waals surface area contributed by atoms with Gasteiger partial charge in [-0.3, -0.25) is 0 Å². The molecule has 0 saturated heterocycles. The van der Waals surface area contributed by atoms with Gasteiger partial charge in [0.1, 0.15) is 5.75 Å². The van der Waals surface area contributed by atoms with Crippen LogP contribution in [0.5, 0.6) is 5.75 Å². The lowest BCUT2D eigenvalue weighted by Gasteiger charge is -2.13. The minimum atomic E-state index is 0.150. The second kappa shape index (κ2) is 8.95. The fourth-order valence-corrected chi connectivity index (χ4v) is 3.23. The van der Waals surface area contributed by atoms with Gasteiger partial charge in [-0.1, -0.05) is 0 Å². The predicted molar refractivity (Wildman–Crippen MR) is 85.8 cm³/mol. The molecule has 0 aliphatic carbocycles. The van der Waals surface area contributed by atoms with Crippen molar-refractivity contribution in [1.82, 2.24) is 0 Å². The molecular formula is C14H21Br2NO2. The first-order chi connectivity index (χ1) is 9.04. The van der Waals surface area contributed by atoms with Crippen LogP contribution in [-0.2, 0) is 11.2 Å². The quantitative estimate of drug-likeness (QED) is 0.680. The summed E-state index contributed by atoms with van der Waals surface area (Å²) in [6, 6.07) is 4.27. The zero-order valence-corrected chi connectivity index (χ0v) is 14.6. The Hall–Kier alpha value is -0.100. The van der Waals surface area contributed by atoms with E-state index >= 15 is 0 Å². The maximum atomic E-state index is 5.81. The van der Waals surface area contributed by atoms with E-state index in [0.717, 1.165) is 40.8 Å². The molecule has 0 aliphatic heterocycles. The van der Waals surface area contributed by atoms with E-state index in [1.807, 2.05) is 13.8 Å². The first kappa shape index (κ1) is 17.0. The van der Waals surface area contributed by atoms with Gasteiger partial charge in [-0.25, -0.2) is 0 Å². The van der Waals surface area contributed by atoms with Gasteiger partial charge in [0, 0.05) is 25.7 Å². The van der Waals surface area contributed by atoms with Crippen molar-refractivity contribution in [3.05, 3.63) is 26.6 Å². The molecule has 0 heterocycles. The smallest absolute Gasteiger partial charge is 0.147 e. The average Bonchev–Trinajstić information content (AvgIpc) is 2.31. The molecular weight excluding hydrogens is 374 g/mol. The second-order valence-electron chi connectivity index (χ2n) is 4.47.